The molecule has 1 saturated carbocycles. The molecule has 11 heteroatoms. The molecule has 0 bridgehead atoms. The van der Waals surface area contributed by atoms with E-state index in [9.17, 15) is 5.11 Å². The Bertz CT molecular complexity index is 1470. The Morgan fingerprint density at radius 1 is 1.13 bits per heavy atom. The Labute approximate surface area is 232 Å². The molecule has 2 aliphatic rings. The summed E-state index contributed by atoms with van der Waals surface area (Å²) >= 11 is 6.85. The van der Waals surface area contributed by atoms with Crippen LogP contribution in [0.2, 0.25) is 5.02 Å². The van der Waals surface area contributed by atoms with Crippen molar-refractivity contribution in [2.75, 3.05) is 51.3 Å². The molecule has 1 aromatic carbocycles. The quantitative estimate of drug-likeness (QED) is 0.275. The van der Waals surface area contributed by atoms with Crippen LogP contribution in [0, 0.1) is 6.92 Å². The number of nitrogens with zero attached hydrogens (tertiary/aromatic N) is 6. The topological polar surface area (TPSA) is 113 Å². The number of aliphatic hydroxyl groups excluding tert-OH is 1. The zero-order valence-corrected chi connectivity index (χ0v) is 22.8. The van der Waals surface area contributed by atoms with Crippen LogP contribution in [0.3, 0.4) is 0 Å². The Hall–Kier alpha value is -3.31. The number of piperazine rings is 1. The van der Waals surface area contributed by atoms with E-state index in [0.29, 0.717) is 41.0 Å². The van der Waals surface area contributed by atoms with E-state index in [-0.39, 0.29) is 12.1 Å². The number of aliphatic hydroxyl groups is 1. The van der Waals surface area contributed by atoms with E-state index in [1.165, 1.54) is 6.33 Å². The lowest BCUT2D eigenvalue weighted by atomic mass is 10.2. The van der Waals surface area contributed by atoms with Gasteiger partial charge in [-0.2, -0.15) is 0 Å². The van der Waals surface area contributed by atoms with Crippen molar-refractivity contribution in [3.8, 4) is 17.1 Å². The van der Waals surface area contributed by atoms with Crippen LogP contribution >= 0.6 is 11.6 Å². The number of anilines is 1. The summed E-state index contributed by atoms with van der Waals surface area (Å²) in [5.74, 6) is 2.00. The van der Waals surface area contributed by atoms with E-state index in [0.717, 1.165) is 68.1 Å². The smallest absolute Gasteiger partial charge is 0.166 e. The van der Waals surface area contributed by atoms with Crippen LogP contribution in [0.5, 0.6) is 5.75 Å². The van der Waals surface area contributed by atoms with Crippen LogP contribution in [-0.2, 0) is 6.54 Å². The molecule has 4 aromatic rings. The van der Waals surface area contributed by atoms with Gasteiger partial charge in [0.25, 0.3) is 0 Å². The molecule has 0 spiro atoms. The third kappa shape index (κ3) is 5.69. The highest BCUT2D eigenvalue weighted by Crippen LogP contribution is 2.40. The number of ether oxygens (including phenoxy) is 1. The van der Waals surface area contributed by atoms with Gasteiger partial charge in [0.05, 0.1) is 29.4 Å². The summed E-state index contributed by atoms with van der Waals surface area (Å²) in [5, 5.41) is 17.2. The van der Waals surface area contributed by atoms with Crippen LogP contribution in [0.1, 0.15) is 24.1 Å². The standard InChI is InChI=1S/C28H33ClN8O2/c1-19-4-7-31-20(14-19)16-37-26(34-24-25(32-18-33-27(24)37)35-28(17-38)5-6-28)22-3-2-21(15-23(22)29)39-13-12-36-10-8-30-9-11-36/h2-4,7,14-15,18,30,38H,5-6,8-13,16-17H2,1H3,(H,32,33,35). The Kier molecular flexibility index (Phi) is 7.35. The Morgan fingerprint density at radius 3 is 2.72 bits per heavy atom. The van der Waals surface area contributed by atoms with Gasteiger partial charge in [0.1, 0.15) is 24.5 Å². The molecule has 1 aliphatic carbocycles. The van der Waals surface area contributed by atoms with Gasteiger partial charge < -0.3 is 25.0 Å². The summed E-state index contributed by atoms with van der Waals surface area (Å²) < 4.78 is 8.05. The molecule has 0 unspecified atom stereocenters. The molecule has 204 valence electrons. The van der Waals surface area contributed by atoms with E-state index in [1.807, 2.05) is 42.0 Å². The number of aromatic nitrogens is 5. The first-order chi connectivity index (χ1) is 19.0. The lowest BCUT2D eigenvalue weighted by Gasteiger charge is -2.26. The summed E-state index contributed by atoms with van der Waals surface area (Å²) in [6.45, 7) is 8.14. The number of pyridine rings is 1. The predicted molar refractivity (Wildman–Crippen MR) is 151 cm³/mol. The third-order valence-electron chi connectivity index (χ3n) is 7.43. The van der Waals surface area contributed by atoms with Crippen LogP contribution in [0.4, 0.5) is 5.82 Å². The van der Waals surface area contributed by atoms with Gasteiger partial charge in [-0.15, -0.1) is 0 Å². The molecular weight excluding hydrogens is 516 g/mol. The monoisotopic (exact) mass is 548 g/mol. The lowest BCUT2D eigenvalue weighted by molar-refractivity contribution is 0.191. The van der Waals surface area contributed by atoms with Gasteiger partial charge in [0.15, 0.2) is 17.0 Å². The van der Waals surface area contributed by atoms with Crippen molar-refractivity contribution in [1.82, 2.24) is 34.7 Å². The number of fused-ring (bicyclic) bond motifs is 1. The van der Waals surface area contributed by atoms with Crippen molar-refractivity contribution in [2.45, 2.75) is 31.8 Å². The summed E-state index contributed by atoms with van der Waals surface area (Å²) in [4.78, 5) is 21.0. The molecule has 0 amide bonds. The Morgan fingerprint density at radius 2 is 1.97 bits per heavy atom. The first-order valence-electron chi connectivity index (χ1n) is 13.4. The molecule has 0 radical (unpaired) electrons. The van der Waals surface area contributed by atoms with Gasteiger partial charge in [-0.1, -0.05) is 11.6 Å². The average Bonchev–Trinajstić information content (AvgIpc) is 3.63. The highest BCUT2D eigenvalue weighted by molar-refractivity contribution is 6.33. The summed E-state index contributed by atoms with van der Waals surface area (Å²) in [6.07, 6.45) is 5.11. The lowest BCUT2D eigenvalue weighted by Crippen LogP contribution is -2.44. The fraction of sp³-hybridized carbons (Fsp3) is 0.429. The number of aryl methyl sites for hydroxylation is 1. The highest BCUT2D eigenvalue weighted by Gasteiger charge is 2.43. The number of rotatable bonds is 10. The minimum absolute atomic E-state index is 0.0429. The molecule has 1 saturated heterocycles. The Balaban J connectivity index is 1.32. The van der Waals surface area contributed by atoms with Crippen molar-refractivity contribution in [1.29, 1.82) is 0 Å². The molecule has 1 aliphatic heterocycles. The predicted octanol–water partition coefficient (Wildman–Crippen LogP) is 3.12. The average molecular weight is 549 g/mol. The molecule has 3 N–H and O–H groups in total. The van der Waals surface area contributed by atoms with Gasteiger partial charge in [0.2, 0.25) is 0 Å². The van der Waals surface area contributed by atoms with Crippen molar-refractivity contribution in [3.05, 3.63) is 59.1 Å². The van der Waals surface area contributed by atoms with Crippen molar-refractivity contribution in [2.24, 2.45) is 0 Å². The maximum absolute atomic E-state index is 9.87. The molecule has 3 aromatic heterocycles. The first-order valence-corrected chi connectivity index (χ1v) is 13.8. The maximum atomic E-state index is 9.87. The minimum Gasteiger partial charge on any atom is -0.492 e. The van der Waals surface area contributed by atoms with E-state index in [4.69, 9.17) is 21.3 Å². The molecule has 0 atom stereocenters. The number of benzene rings is 1. The number of hydrogen-bond donors (Lipinski definition) is 3. The van der Waals surface area contributed by atoms with E-state index in [2.05, 4.69) is 36.6 Å². The number of imidazole rings is 1. The minimum atomic E-state index is -0.343. The van der Waals surface area contributed by atoms with Crippen molar-refractivity contribution >= 4 is 28.6 Å². The van der Waals surface area contributed by atoms with Gasteiger partial charge in [-0.25, -0.2) is 15.0 Å². The fourth-order valence-electron chi connectivity index (χ4n) is 4.95. The van der Waals surface area contributed by atoms with Crippen molar-refractivity contribution < 1.29 is 9.84 Å². The molecular formula is C28H33ClN8O2. The highest BCUT2D eigenvalue weighted by atomic mass is 35.5. The normalized spacial score (nSPS) is 16.9. The SMILES string of the molecule is Cc1ccnc(Cn2c(-c3ccc(OCCN4CCNCC4)cc3Cl)nc3c(NC4(CO)CC4)ncnc32)c1. The van der Waals surface area contributed by atoms with E-state index >= 15 is 0 Å². The van der Waals surface area contributed by atoms with Gasteiger partial charge in [-0.3, -0.25) is 9.88 Å². The molecule has 2 fully saturated rings. The molecule has 4 heterocycles. The number of hydrogen-bond acceptors (Lipinski definition) is 9. The fourth-order valence-corrected chi connectivity index (χ4v) is 5.20. The number of nitrogens with one attached hydrogen (secondary N) is 2. The van der Waals surface area contributed by atoms with Crippen LogP contribution in [0.25, 0.3) is 22.6 Å². The second-order valence-corrected chi connectivity index (χ2v) is 10.8. The van der Waals surface area contributed by atoms with Gasteiger partial charge >= 0.3 is 0 Å². The van der Waals surface area contributed by atoms with Crippen molar-refractivity contribution in [3.63, 3.8) is 0 Å². The molecule has 10 nitrogen and oxygen atoms in total. The van der Waals surface area contributed by atoms with Crippen LogP contribution in [0.15, 0.2) is 42.9 Å². The third-order valence-corrected chi connectivity index (χ3v) is 7.74. The first kappa shape index (κ1) is 25.9. The second kappa shape index (κ2) is 11.1. The van der Waals surface area contributed by atoms with E-state index < -0.39 is 0 Å². The largest absolute Gasteiger partial charge is 0.492 e. The molecule has 6 rings (SSSR count). The zero-order valence-electron chi connectivity index (χ0n) is 22.0. The van der Waals surface area contributed by atoms with Gasteiger partial charge in [-0.05, 0) is 55.7 Å². The van der Waals surface area contributed by atoms with Crippen LogP contribution in [-0.4, -0.2) is 86.0 Å². The zero-order chi connectivity index (χ0) is 26.8. The summed E-state index contributed by atoms with van der Waals surface area (Å²) in [6, 6.07) is 9.75. The number of halogens is 1. The van der Waals surface area contributed by atoms with Gasteiger partial charge in [0, 0.05) is 44.5 Å². The van der Waals surface area contributed by atoms with Crippen LogP contribution < -0.4 is 15.4 Å². The maximum Gasteiger partial charge on any atom is 0.166 e. The molecule has 39 heavy (non-hydrogen) atoms. The summed E-state index contributed by atoms with van der Waals surface area (Å²) in [7, 11) is 0. The van der Waals surface area contributed by atoms with E-state index in [1.54, 1.807) is 0 Å². The second-order valence-electron chi connectivity index (χ2n) is 10.4. The summed E-state index contributed by atoms with van der Waals surface area (Å²) in [5.41, 5.74) is 3.75.